The zero-order valence-electron chi connectivity index (χ0n) is 12.2. The SMILES string of the molecule is CN(C)Cc1ccccc1COC(=O)c1ccc(Br)cc1. The number of esters is 1. The molecular weight excluding hydrogens is 330 g/mol. The standard InChI is InChI=1S/C17H18BrNO2/c1-19(2)11-14-5-3-4-6-15(14)12-21-17(20)13-7-9-16(18)10-8-13/h3-10H,11-12H2,1-2H3. The Morgan fingerprint density at radius 2 is 1.67 bits per heavy atom. The first-order chi connectivity index (χ1) is 10.1. The fourth-order valence-corrected chi connectivity index (χ4v) is 2.27. The molecule has 0 heterocycles. The molecule has 0 aliphatic heterocycles. The van der Waals surface area contributed by atoms with Crippen molar-refractivity contribution < 1.29 is 9.53 Å². The predicted octanol–water partition coefficient (Wildman–Crippen LogP) is 3.87. The quantitative estimate of drug-likeness (QED) is 0.769. The Hall–Kier alpha value is -1.65. The lowest BCUT2D eigenvalue weighted by atomic mass is 10.1. The topological polar surface area (TPSA) is 29.5 Å². The molecule has 0 amide bonds. The maximum Gasteiger partial charge on any atom is 0.338 e. The second kappa shape index (κ2) is 7.38. The largest absolute Gasteiger partial charge is 0.457 e. The van der Waals surface area contributed by atoms with Crippen molar-refractivity contribution in [2.24, 2.45) is 0 Å². The number of halogens is 1. The number of rotatable bonds is 5. The van der Waals surface area contributed by atoms with Crippen molar-refractivity contribution in [3.05, 3.63) is 69.7 Å². The number of carbonyl (C=O) groups is 1. The lowest BCUT2D eigenvalue weighted by Gasteiger charge is -2.14. The molecule has 0 unspecified atom stereocenters. The molecule has 0 saturated carbocycles. The summed E-state index contributed by atoms with van der Waals surface area (Å²) in [6, 6.07) is 15.2. The summed E-state index contributed by atoms with van der Waals surface area (Å²) in [5, 5.41) is 0. The minimum atomic E-state index is -0.304. The Morgan fingerprint density at radius 3 is 2.29 bits per heavy atom. The number of hydrogen-bond donors (Lipinski definition) is 0. The monoisotopic (exact) mass is 347 g/mol. The van der Waals surface area contributed by atoms with Crippen LogP contribution in [0.4, 0.5) is 0 Å². The Labute approximate surface area is 133 Å². The predicted molar refractivity (Wildman–Crippen MR) is 87.1 cm³/mol. The first-order valence-electron chi connectivity index (χ1n) is 6.70. The highest BCUT2D eigenvalue weighted by atomic mass is 79.9. The third-order valence-corrected chi connectivity index (χ3v) is 3.57. The second-order valence-corrected chi connectivity index (χ2v) is 6.01. The molecule has 110 valence electrons. The van der Waals surface area contributed by atoms with Gasteiger partial charge in [0, 0.05) is 11.0 Å². The van der Waals surface area contributed by atoms with Crippen molar-refractivity contribution in [3.63, 3.8) is 0 Å². The third kappa shape index (κ3) is 4.69. The molecule has 0 saturated heterocycles. The van der Waals surface area contributed by atoms with E-state index in [1.807, 2.05) is 44.4 Å². The van der Waals surface area contributed by atoms with E-state index in [0.29, 0.717) is 12.2 Å². The van der Waals surface area contributed by atoms with E-state index >= 15 is 0 Å². The van der Waals surface area contributed by atoms with E-state index in [-0.39, 0.29) is 5.97 Å². The first-order valence-corrected chi connectivity index (χ1v) is 7.50. The van der Waals surface area contributed by atoms with Gasteiger partial charge in [-0.15, -0.1) is 0 Å². The Balaban J connectivity index is 2.02. The van der Waals surface area contributed by atoms with Crippen LogP contribution in [-0.4, -0.2) is 25.0 Å². The lowest BCUT2D eigenvalue weighted by molar-refractivity contribution is 0.0471. The summed E-state index contributed by atoms with van der Waals surface area (Å²) in [6.45, 7) is 1.12. The van der Waals surface area contributed by atoms with Crippen LogP contribution in [0.3, 0.4) is 0 Å². The van der Waals surface area contributed by atoms with Gasteiger partial charge in [0.2, 0.25) is 0 Å². The molecule has 0 aliphatic carbocycles. The van der Waals surface area contributed by atoms with Gasteiger partial charge in [0.1, 0.15) is 6.61 Å². The smallest absolute Gasteiger partial charge is 0.338 e. The Bertz CT molecular complexity index is 608. The molecule has 4 heteroatoms. The van der Waals surface area contributed by atoms with Gasteiger partial charge in [-0.3, -0.25) is 0 Å². The second-order valence-electron chi connectivity index (χ2n) is 5.09. The minimum absolute atomic E-state index is 0.291. The summed E-state index contributed by atoms with van der Waals surface area (Å²) in [7, 11) is 4.04. The van der Waals surface area contributed by atoms with Crippen LogP contribution in [0.1, 0.15) is 21.5 Å². The van der Waals surface area contributed by atoms with E-state index in [4.69, 9.17) is 4.74 Å². The molecule has 0 aliphatic rings. The fourth-order valence-electron chi connectivity index (χ4n) is 2.01. The van der Waals surface area contributed by atoms with E-state index in [2.05, 4.69) is 26.9 Å². The summed E-state index contributed by atoms with van der Waals surface area (Å²) in [5.74, 6) is -0.304. The van der Waals surface area contributed by atoms with Crippen LogP contribution in [0.5, 0.6) is 0 Å². The number of ether oxygens (including phenoxy) is 1. The molecule has 0 bridgehead atoms. The molecule has 2 rings (SSSR count). The average Bonchev–Trinajstić information content (AvgIpc) is 2.46. The molecule has 3 nitrogen and oxygen atoms in total. The van der Waals surface area contributed by atoms with Gasteiger partial charge >= 0.3 is 5.97 Å². The molecule has 21 heavy (non-hydrogen) atoms. The van der Waals surface area contributed by atoms with E-state index in [1.165, 1.54) is 5.56 Å². The van der Waals surface area contributed by atoms with Crippen LogP contribution in [-0.2, 0) is 17.9 Å². The summed E-state index contributed by atoms with van der Waals surface area (Å²) in [6.07, 6.45) is 0. The van der Waals surface area contributed by atoms with Crippen LogP contribution >= 0.6 is 15.9 Å². The van der Waals surface area contributed by atoms with Gasteiger partial charge in [-0.1, -0.05) is 40.2 Å². The zero-order chi connectivity index (χ0) is 15.2. The fraction of sp³-hybridized carbons (Fsp3) is 0.235. The van der Waals surface area contributed by atoms with Crippen LogP contribution < -0.4 is 0 Å². The van der Waals surface area contributed by atoms with Gasteiger partial charge in [0.05, 0.1) is 5.56 Å². The number of nitrogens with zero attached hydrogens (tertiary/aromatic N) is 1. The minimum Gasteiger partial charge on any atom is -0.457 e. The van der Waals surface area contributed by atoms with Crippen molar-refractivity contribution in [1.29, 1.82) is 0 Å². The van der Waals surface area contributed by atoms with Gasteiger partial charge in [0.25, 0.3) is 0 Å². The maximum atomic E-state index is 12.0. The number of benzene rings is 2. The molecule has 0 aromatic heterocycles. The molecule has 0 fully saturated rings. The summed E-state index contributed by atoms with van der Waals surface area (Å²) < 4.78 is 6.34. The van der Waals surface area contributed by atoms with Crippen molar-refractivity contribution >= 4 is 21.9 Å². The molecule has 0 radical (unpaired) electrons. The van der Waals surface area contributed by atoms with E-state index in [1.54, 1.807) is 12.1 Å². The van der Waals surface area contributed by atoms with E-state index in [0.717, 1.165) is 16.6 Å². The Morgan fingerprint density at radius 1 is 1.05 bits per heavy atom. The summed E-state index contributed by atoms with van der Waals surface area (Å²) in [4.78, 5) is 14.1. The molecule has 0 spiro atoms. The van der Waals surface area contributed by atoms with Crippen LogP contribution in [0.25, 0.3) is 0 Å². The van der Waals surface area contributed by atoms with Crippen LogP contribution in [0.15, 0.2) is 53.0 Å². The van der Waals surface area contributed by atoms with Crippen molar-refractivity contribution in [1.82, 2.24) is 4.90 Å². The zero-order valence-corrected chi connectivity index (χ0v) is 13.8. The van der Waals surface area contributed by atoms with E-state index in [9.17, 15) is 4.79 Å². The van der Waals surface area contributed by atoms with Crippen molar-refractivity contribution in [2.75, 3.05) is 14.1 Å². The molecule has 2 aromatic carbocycles. The van der Waals surface area contributed by atoms with E-state index < -0.39 is 0 Å². The highest BCUT2D eigenvalue weighted by Crippen LogP contribution is 2.15. The van der Waals surface area contributed by atoms with Gasteiger partial charge in [-0.25, -0.2) is 4.79 Å². The number of hydrogen-bond acceptors (Lipinski definition) is 3. The van der Waals surface area contributed by atoms with Gasteiger partial charge in [-0.2, -0.15) is 0 Å². The maximum absolute atomic E-state index is 12.0. The van der Waals surface area contributed by atoms with Crippen LogP contribution in [0.2, 0.25) is 0 Å². The third-order valence-electron chi connectivity index (χ3n) is 3.04. The summed E-state index contributed by atoms with van der Waals surface area (Å²) in [5.41, 5.74) is 2.77. The van der Waals surface area contributed by atoms with Gasteiger partial charge in [-0.05, 0) is 49.5 Å². The Kier molecular flexibility index (Phi) is 5.53. The first kappa shape index (κ1) is 15.7. The van der Waals surface area contributed by atoms with Crippen molar-refractivity contribution in [2.45, 2.75) is 13.2 Å². The van der Waals surface area contributed by atoms with Crippen LogP contribution in [0, 0.1) is 0 Å². The van der Waals surface area contributed by atoms with Crippen molar-refractivity contribution in [3.8, 4) is 0 Å². The molecular formula is C17H18BrNO2. The average molecular weight is 348 g/mol. The highest BCUT2D eigenvalue weighted by Gasteiger charge is 2.09. The molecule has 2 aromatic rings. The lowest BCUT2D eigenvalue weighted by Crippen LogP contribution is -2.13. The summed E-state index contributed by atoms with van der Waals surface area (Å²) >= 11 is 3.35. The normalized spacial score (nSPS) is 10.7. The number of carbonyl (C=O) groups excluding carboxylic acids is 1. The molecule has 0 atom stereocenters. The van der Waals surface area contributed by atoms with Gasteiger partial charge in [0.15, 0.2) is 0 Å². The highest BCUT2D eigenvalue weighted by molar-refractivity contribution is 9.10. The molecule has 0 N–H and O–H groups in total. The van der Waals surface area contributed by atoms with Gasteiger partial charge < -0.3 is 9.64 Å².